The van der Waals surface area contributed by atoms with Crippen molar-refractivity contribution >= 4 is 56.6 Å². The quantitative estimate of drug-likeness (QED) is 0.380. The molecule has 0 aliphatic rings. The number of aromatic nitrogens is 3. The minimum atomic E-state index is -0.0469. The Morgan fingerprint density at radius 1 is 1.03 bits per heavy atom. The smallest absolute Gasteiger partial charge is 0.274 e. The summed E-state index contributed by atoms with van der Waals surface area (Å²) in [5.74, 6) is 0. The number of aryl methyl sites for hydroxylation is 1. The third-order valence-corrected chi connectivity index (χ3v) is 6.41. The fraction of sp³-hybridized carbons (Fsp3) is 0.0909. The second-order valence-corrected chi connectivity index (χ2v) is 8.81. The number of thiazole rings is 1. The molecule has 29 heavy (non-hydrogen) atoms. The van der Waals surface area contributed by atoms with Crippen molar-refractivity contribution in [2.75, 3.05) is 0 Å². The molecular formula is C22H15Cl2N3OS. The molecule has 0 radical (unpaired) electrons. The molecule has 5 aromatic rings. The molecule has 0 amide bonds. The van der Waals surface area contributed by atoms with Crippen molar-refractivity contribution in [3.05, 3.63) is 90.4 Å². The van der Waals surface area contributed by atoms with E-state index in [2.05, 4.69) is 15.6 Å². The number of hydrogen-bond acceptors (Lipinski definition) is 3. The Kier molecular flexibility index (Phi) is 4.28. The highest BCUT2D eigenvalue weighted by atomic mass is 35.5. The van der Waals surface area contributed by atoms with Crippen LogP contribution in [0.3, 0.4) is 0 Å². The van der Waals surface area contributed by atoms with Gasteiger partial charge in [-0.15, -0.1) is 0 Å². The number of rotatable bonds is 2. The molecule has 2 aromatic carbocycles. The van der Waals surface area contributed by atoms with Crippen LogP contribution < -0.4 is 10.1 Å². The van der Waals surface area contributed by atoms with Gasteiger partial charge < -0.3 is 4.57 Å². The molecule has 0 saturated heterocycles. The third-order valence-electron chi connectivity index (χ3n) is 5.01. The number of benzene rings is 2. The molecule has 0 aliphatic heterocycles. The van der Waals surface area contributed by atoms with Crippen LogP contribution in [0.15, 0.2) is 53.3 Å². The molecule has 0 bridgehead atoms. The molecule has 0 fully saturated rings. The van der Waals surface area contributed by atoms with E-state index >= 15 is 0 Å². The molecule has 3 aromatic heterocycles. The second-order valence-electron chi connectivity index (χ2n) is 6.92. The summed E-state index contributed by atoms with van der Waals surface area (Å²) in [5, 5.41) is 1.16. The van der Waals surface area contributed by atoms with Crippen LogP contribution in [0.4, 0.5) is 0 Å². The number of imidazole rings is 1. The van der Waals surface area contributed by atoms with E-state index in [1.54, 1.807) is 10.5 Å². The normalized spacial score (nSPS) is 12.5. The highest BCUT2D eigenvalue weighted by Crippen LogP contribution is 2.27. The fourth-order valence-corrected chi connectivity index (χ4v) is 5.24. The van der Waals surface area contributed by atoms with Crippen LogP contribution in [0, 0.1) is 13.8 Å². The minimum absolute atomic E-state index is 0.0469. The van der Waals surface area contributed by atoms with Crippen LogP contribution >= 0.6 is 34.5 Å². The maximum atomic E-state index is 13.0. The van der Waals surface area contributed by atoms with Gasteiger partial charge in [0.2, 0.25) is 0 Å². The molecule has 0 spiro atoms. The highest BCUT2D eigenvalue weighted by molar-refractivity contribution is 7.15. The maximum Gasteiger partial charge on any atom is 0.274 e. The van der Waals surface area contributed by atoms with E-state index in [4.69, 9.17) is 23.2 Å². The second kappa shape index (κ2) is 6.73. The summed E-state index contributed by atoms with van der Waals surface area (Å²) in [6.07, 6.45) is 1.93. The molecule has 3 heterocycles. The fourth-order valence-electron chi connectivity index (χ4n) is 3.75. The van der Waals surface area contributed by atoms with Gasteiger partial charge in [0.25, 0.3) is 5.56 Å². The van der Waals surface area contributed by atoms with E-state index in [1.807, 2.05) is 56.3 Å². The van der Waals surface area contributed by atoms with E-state index in [9.17, 15) is 4.79 Å². The van der Waals surface area contributed by atoms with Gasteiger partial charge >= 0.3 is 0 Å². The third kappa shape index (κ3) is 2.97. The summed E-state index contributed by atoms with van der Waals surface area (Å²) in [6.45, 7) is 4.04. The first kappa shape index (κ1) is 18.4. The highest BCUT2D eigenvalue weighted by Gasteiger charge is 2.13. The molecule has 7 heteroatoms. The summed E-state index contributed by atoms with van der Waals surface area (Å²) >= 11 is 13.8. The van der Waals surface area contributed by atoms with Crippen molar-refractivity contribution < 1.29 is 0 Å². The Labute approximate surface area is 180 Å². The predicted octanol–water partition coefficient (Wildman–Crippen LogP) is 5.17. The van der Waals surface area contributed by atoms with Gasteiger partial charge in [0.05, 0.1) is 15.6 Å². The van der Waals surface area contributed by atoms with E-state index in [-0.39, 0.29) is 5.56 Å². The summed E-state index contributed by atoms with van der Waals surface area (Å²) in [4.78, 5) is 18.3. The van der Waals surface area contributed by atoms with E-state index < -0.39 is 0 Å². The maximum absolute atomic E-state index is 13.0. The van der Waals surface area contributed by atoms with Crippen LogP contribution in [0.5, 0.6) is 0 Å². The zero-order valence-electron chi connectivity index (χ0n) is 15.6. The van der Waals surface area contributed by atoms with Crippen LogP contribution in [0.25, 0.3) is 27.8 Å². The number of hydrogen-bond donors (Lipinski definition) is 0. The number of para-hydroxylation sites is 2. The van der Waals surface area contributed by atoms with Gasteiger partial charge in [0.15, 0.2) is 4.96 Å². The predicted molar refractivity (Wildman–Crippen MR) is 121 cm³/mol. The average Bonchev–Trinajstić information content (AvgIpc) is 3.26. The van der Waals surface area contributed by atoms with E-state index in [1.165, 1.54) is 11.3 Å². The molecule has 0 N–H and O–H groups in total. The number of fused-ring (bicyclic) bond motifs is 3. The van der Waals surface area contributed by atoms with Crippen molar-refractivity contribution in [2.45, 2.75) is 13.8 Å². The monoisotopic (exact) mass is 439 g/mol. The first-order valence-electron chi connectivity index (χ1n) is 8.99. The van der Waals surface area contributed by atoms with E-state index in [0.29, 0.717) is 19.5 Å². The van der Waals surface area contributed by atoms with Gasteiger partial charge in [-0.2, -0.15) is 0 Å². The molecule has 0 unspecified atom stereocenters. The van der Waals surface area contributed by atoms with Crippen molar-refractivity contribution in [1.82, 2.24) is 14.0 Å². The van der Waals surface area contributed by atoms with Crippen molar-refractivity contribution in [3.63, 3.8) is 0 Å². The topological polar surface area (TPSA) is 39.3 Å². The van der Waals surface area contributed by atoms with Crippen LogP contribution in [0.1, 0.15) is 17.0 Å². The van der Waals surface area contributed by atoms with Gasteiger partial charge in [-0.1, -0.05) is 46.7 Å². The SMILES string of the molecule is Cc1cc(/C=c2\sc3nc4ccccc4n3c2=O)c(C)n1-c1cc(Cl)cc(Cl)c1. The lowest BCUT2D eigenvalue weighted by molar-refractivity contribution is 0.964. The lowest BCUT2D eigenvalue weighted by Gasteiger charge is -2.10. The first-order chi connectivity index (χ1) is 13.9. The van der Waals surface area contributed by atoms with Gasteiger partial charge in [-0.05, 0) is 61.9 Å². The van der Waals surface area contributed by atoms with Gasteiger partial charge in [0.1, 0.15) is 0 Å². The van der Waals surface area contributed by atoms with Gasteiger partial charge in [-0.3, -0.25) is 4.79 Å². The summed E-state index contributed by atoms with van der Waals surface area (Å²) in [7, 11) is 0. The average molecular weight is 440 g/mol. The van der Waals surface area contributed by atoms with Gasteiger partial charge in [-0.25, -0.2) is 9.38 Å². The molecule has 4 nitrogen and oxygen atoms in total. The van der Waals surface area contributed by atoms with Crippen LogP contribution in [-0.4, -0.2) is 14.0 Å². The number of halogens is 2. The zero-order valence-corrected chi connectivity index (χ0v) is 17.9. The Balaban J connectivity index is 1.71. The van der Waals surface area contributed by atoms with Crippen molar-refractivity contribution in [2.24, 2.45) is 0 Å². The molecule has 0 atom stereocenters. The van der Waals surface area contributed by atoms with Gasteiger partial charge in [0, 0.05) is 27.1 Å². The Morgan fingerprint density at radius 2 is 1.76 bits per heavy atom. The van der Waals surface area contributed by atoms with E-state index in [0.717, 1.165) is 33.7 Å². The lowest BCUT2D eigenvalue weighted by atomic mass is 10.2. The lowest BCUT2D eigenvalue weighted by Crippen LogP contribution is -2.22. The number of nitrogens with zero attached hydrogens (tertiary/aromatic N) is 3. The zero-order chi connectivity index (χ0) is 20.3. The summed E-state index contributed by atoms with van der Waals surface area (Å²) in [6, 6.07) is 15.2. The molecule has 144 valence electrons. The molecule has 0 aliphatic carbocycles. The summed E-state index contributed by atoms with van der Waals surface area (Å²) < 4.78 is 4.42. The van der Waals surface area contributed by atoms with Crippen LogP contribution in [-0.2, 0) is 0 Å². The standard InChI is InChI=1S/C22H15Cl2N3OS/c1-12-7-14(13(2)26(12)17-10-15(23)9-16(24)11-17)8-20-21(28)27-19-6-4-3-5-18(19)25-22(27)29-20/h3-11H,1-2H3/b20-8-. The largest absolute Gasteiger partial charge is 0.318 e. The Morgan fingerprint density at radius 3 is 2.52 bits per heavy atom. The molecule has 5 rings (SSSR count). The summed E-state index contributed by atoms with van der Waals surface area (Å²) in [5.41, 5.74) is 5.54. The van der Waals surface area contributed by atoms with Crippen molar-refractivity contribution in [3.8, 4) is 5.69 Å². The molecule has 0 saturated carbocycles. The molecular weight excluding hydrogens is 425 g/mol. The van der Waals surface area contributed by atoms with Crippen molar-refractivity contribution in [1.29, 1.82) is 0 Å². The Hall–Kier alpha value is -2.60. The Bertz CT molecular complexity index is 1510. The first-order valence-corrected chi connectivity index (χ1v) is 10.6. The minimum Gasteiger partial charge on any atom is -0.318 e. The van der Waals surface area contributed by atoms with Crippen LogP contribution in [0.2, 0.25) is 10.0 Å².